The van der Waals surface area contributed by atoms with E-state index in [1.165, 1.54) is 24.5 Å². The van der Waals surface area contributed by atoms with Crippen LogP contribution in [0.15, 0.2) is 36.6 Å². The molecular formula is C11H9F3O. The van der Waals surface area contributed by atoms with Crippen molar-refractivity contribution in [1.29, 1.82) is 0 Å². The maximum atomic E-state index is 13.1. The minimum absolute atomic E-state index is 0.326. The van der Waals surface area contributed by atoms with E-state index < -0.39 is 23.4 Å². The van der Waals surface area contributed by atoms with E-state index in [1.807, 2.05) is 0 Å². The van der Waals surface area contributed by atoms with Crippen molar-refractivity contribution in [3.63, 3.8) is 0 Å². The molecule has 0 unspecified atom stereocenters. The number of ether oxygens (including phenoxy) is 1. The SMILES string of the molecule is FC(F)(F)[C@@]12C=CC=C[C@@H]1[C@@H]1OC=C[C@@H]12. The highest BCUT2D eigenvalue weighted by atomic mass is 19.4. The lowest BCUT2D eigenvalue weighted by molar-refractivity contribution is -0.287. The van der Waals surface area contributed by atoms with Crippen LogP contribution in [-0.4, -0.2) is 12.3 Å². The molecule has 4 heteroatoms. The van der Waals surface area contributed by atoms with Crippen molar-refractivity contribution in [3.8, 4) is 0 Å². The normalized spacial score (nSPS) is 45.7. The van der Waals surface area contributed by atoms with Crippen LogP contribution in [0.5, 0.6) is 0 Å². The second-order valence-corrected chi connectivity index (χ2v) is 4.16. The van der Waals surface area contributed by atoms with Crippen molar-refractivity contribution < 1.29 is 17.9 Å². The topological polar surface area (TPSA) is 9.23 Å². The van der Waals surface area contributed by atoms with E-state index in [4.69, 9.17) is 4.74 Å². The molecule has 1 saturated carbocycles. The van der Waals surface area contributed by atoms with Crippen LogP contribution in [0.4, 0.5) is 13.2 Å². The van der Waals surface area contributed by atoms with Crippen LogP contribution in [0.2, 0.25) is 0 Å². The van der Waals surface area contributed by atoms with Crippen LogP contribution in [0.3, 0.4) is 0 Å². The van der Waals surface area contributed by atoms with Gasteiger partial charge in [-0.25, -0.2) is 0 Å². The average molecular weight is 214 g/mol. The van der Waals surface area contributed by atoms with Gasteiger partial charge in [-0.2, -0.15) is 13.2 Å². The fourth-order valence-electron chi connectivity index (χ4n) is 2.89. The second-order valence-electron chi connectivity index (χ2n) is 4.16. The monoisotopic (exact) mass is 214 g/mol. The van der Waals surface area contributed by atoms with Gasteiger partial charge < -0.3 is 4.74 Å². The molecule has 80 valence electrons. The third-order valence-corrected chi connectivity index (χ3v) is 3.63. The Morgan fingerprint density at radius 1 is 1.07 bits per heavy atom. The fourth-order valence-corrected chi connectivity index (χ4v) is 2.89. The van der Waals surface area contributed by atoms with Gasteiger partial charge in [0.25, 0.3) is 0 Å². The van der Waals surface area contributed by atoms with Gasteiger partial charge in [-0.3, -0.25) is 0 Å². The van der Waals surface area contributed by atoms with Gasteiger partial charge in [-0.15, -0.1) is 0 Å². The van der Waals surface area contributed by atoms with Crippen molar-refractivity contribution >= 4 is 0 Å². The first-order chi connectivity index (χ1) is 7.07. The van der Waals surface area contributed by atoms with Gasteiger partial charge in [0.15, 0.2) is 0 Å². The lowest BCUT2D eigenvalue weighted by Gasteiger charge is -2.56. The molecule has 3 rings (SSSR count). The Kier molecular flexibility index (Phi) is 1.50. The Morgan fingerprint density at radius 3 is 2.53 bits per heavy atom. The molecule has 4 atom stereocenters. The van der Waals surface area contributed by atoms with Gasteiger partial charge in [-0.1, -0.05) is 24.3 Å². The van der Waals surface area contributed by atoms with E-state index in [2.05, 4.69) is 0 Å². The standard InChI is InChI=1S/C11H9F3O/c12-11(13,14)10-5-2-1-3-7(10)9-8(10)4-6-15-9/h1-9H/t7-,8+,9+,10+/m1/s1. The maximum absolute atomic E-state index is 13.1. The molecule has 0 amide bonds. The lowest BCUT2D eigenvalue weighted by atomic mass is 9.49. The van der Waals surface area contributed by atoms with Gasteiger partial charge in [0, 0.05) is 11.8 Å². The van der Waals surface area contributed by atoms with E-state index in [9.17, 15) is 13.2 Å². The molecule has 3 aliphatic rings. The Bertz CT molecular complexity index is 380. The minimum atomic E-state index is -4.21. The van der Waals surface area contributed by atoms with E-state index >= 15 is 0 Å². The summed E-state index contributed by atoms with van der Waals surface area (Å²) in [4.78, 5) is 0. The molecule has 0 bridgehead atoms. The first kappa shape index (κ1) is 9.07. The van der Waals surface area contributed by atoms with E-state index in [-0.39, 0.29) is 6.10 Å². The highest BCUT2D eigenvalue weighted by molar-refractivity contribution is 5.35. The van der Waals surface area contributed by atoms with Crippen molar-refractivity contribution in [3.05, 3.63) is 36.6 Å². The van der Waals surface area contributed by atoms with Gasteiger partial charge >= 0.3 is 6.18 Å². The summed E-state index contributed by atoms with van der Waals surface area (Å²) in [7, 11) is 0. The van der Waals surface area contributed by atoms with Crippen LogP contribution >= 0.6 is 0 Å². The molecule has 0 aromatic carbocycles. The van der Waals surface area contributed by atoms with Crippen molar-refractivity contribution in [1.82, 2.24) is 0 Å². The quantitative estimate of drug-likeness (QED) is 0.602. The van der Waals surface area contributed by atoms with Crippen LogP contribution < -0.4 is 0 Å². The van der Waals surface area contributed by atoms with Crippen LogP contribution in [0.25, 0.3) is 0 Å². The molecule has 0 aromatic heterocycles. The van der Waals surface area contributed by atoms with Gasteiger partial charge in [-0.05, 0) is 6.08 Å². The van der Waals surface area contributed by atoms with E-state index in [0.717, 1.165) is 0 Å². The molecule has 1 fully saturated rings. The molecule has 0 aromatic rings. The van der Waals surface area contributed by atoms with Crippen LogP contribution in [0.1, 0.15) is 0 Å². The smallest absolute Gasteiger partial charge is 0.399 e. The third kappa shape index (κ3) is 0.856. The summed E-state index contributed by atoms with van der Waals surface area (Å²) in [5.74, 6) is -1.12. The fraction of sp³-hybridized carbons (Fsp3) is 0.455. The molecule has 0 spiro atoms. The minimum Gasteiger partial charge on any atom is -0.497 e. The zero-order chi connectivity index (χ0) is 10.7. The summed E-state index contributed by atoms with van der Waals surface area (Å²) in [5, 5.41) is 0. The highest BCUT2D eigenvalue weighted by Crippen LogP contribution is 2.65. The number of hydrogen-bond acceptors (Lipinski definition) is 1. The summed E-state index contributed by atoms with van der Waals surface area (Å²) in [6, 6.07) is 0. The van der Waals surface area contributed by atoms with E-state index in [0.29, 0.717) is 0 Å². The number of allylic oxidation sites excluding steroid dienone is 3. The number of halogens is 3. The summed E-state index contributed by atoms with van der Waals surface area (Å²) >= 11 is 0. The molecule has 1 nitrogen and oxygen atoms in total. The lowest BCUT2D eigenvalue weighted by Crippen LogP contribution is -2.64. The molecule has 0 radical (unpaired) electrons. The first-order valence-electron chi connectivity index (χ1n) is 4.82. The Morgan fingerprint density at radius 2 is 1.80 bits per heavy atom. The Balaban J connectivity index is 2.08. The predicted molar refractivity (Wildman–Crippen MR) is 47.8 cm³/mol. The van der Waals surface area contributed by atoms with Crippen LogP contribution in [-0.2, 0) is 4.74 Å². The largest absolute Gasteiger partial charge is 0.497 e. The molecule has 0 N–H and O–H groups in total. The van der Waals surface area contributed by atoms with Crippen molar-refractivity contribution in [2.45, 2.75) is 12.3 Å². The van der Waals surface area contributed by atoms with Gasteiger partial charge in [0.05, 0.1) is 6.26 Å². The van der Waals surface area contributed by atoms with Crippen molar-refractivity contribution in [2.24, 2.45) is 17.3 Å². The summed E-state index contributed by atoms with van der Waals surface area (Å²) in [6.07, 6.45) is 4.39. The Hall–Kier alpha value is -1.19. The number of alkyl halides is 3. The number of rotatable bonds is 0. The van der Waals surface area contributed by atoms with Gasteiger partial charge in [0.1, 0.15) is 11.5 Å². The molecule has 15 heavy (non-hydrogen) atoms. The predicted octanol–water partition coefficient (Wildman–Crippen LogP) is 2.82. The zero-order valence-electron chi connectivity index (χ0n) is 7.74. The highest BCUT2D eigenvalue weighted by Gasteiger charge is 2.73. The van der Waals surface area contributed by atoms with Crippen molar-refractivity contribution in [2.75, 3.05) is 0 Å². The van der Waals surface area contributed by atoms with Gasteiger partial charge in [0.2, 0.25) is 0 Å². The summed E-state index contributed by atoms with van der Waals surface area (Å²) in [5.41, 5.74) is -1.72. The molecular weight excluding hydrogens is 205 g/mol. The van der Waals surface area contributed by atoms with E-state index in [1.54, 1.807) is 12.2 Å². The average Bonchev–Trinajstić information content (AvgIpc) is 2.56. The zero-order valence-corrected chi connectivity index (χ0v) is 7.74. The molecule has 0 saturated heterocycles. The van der Waals surface area contributed by atoms with Crippen LogP contribution in [0, 0.1) is 17.3 Å². The molecule has 2 aliphatic carbocycles. The summed E-state index contributed by atoms with van der Waals surface area (Å²) in [6.45, 7) is 0. The first-order valence-corrected chi connectivity index (χ1v) is 4.82. The maximum Gasteiger partial charge on any atom is 0.399 e. The Labute approximate surface area is 84.9 Å². The molecule has 1 aliphatic heterocycles. The third-order valence-electron chi connectivity index (χ3n) is 3.63. The second kappa shape index (κ2) is 2.49. The summed E-state index contributed by atoms with van der Waals surface area (Å²) < 4.78 is 44.4. The number of fused-ring (bicyclic) bond motifs is 4. The molecule has 1 heterocycles. The number of hydrogen-bond donors (Lipinski definition) is 0.